The normalized spacial score (nSPS) is 25.6. The summed E-state index contributed by atoms with van der Waals surface area (Å²) in [6.07, 6.45) is 5.41. The van der Waals surface area contributed by atoms with Crippen molar-refractivity contribution in [2.24, 2.45) is 0 Å². The van der Waals surface area contributed by atoms with Crippen molar-refractivity contribution in [3.05, 3.63) is 16.9 Å². The first-order valence-electron chi connectivity index (χ1n) is 6.03. The van der Waals surface area contributed by atoms with Crippen LogP contribution in [0.2, 0.25) is 5.02 Å². The molecule has 16 heavy (non-hydrogen) atoms. The molecular weight excluding hydrogens is 222 g/mol. The number of nitrogens with zero attached hydrogens (tertiary/aromatic N) is 2. The summed E-state index contributed by atoms with van der Waals surface area (Å²) in [7, 11) is 2.04. The summed E-state index contributed by atoms with van der Waals surface area (Å²) in [5.74, 6) is 0.565. The smallest absolute Gasteiger partial charge is 0.0820 e. The minimum absolute atomic E-state index is 0.385. The Hall–Kier alpha value is -0.540. The van der Waals surface area contributed by atoms with Gasteiger partial charge in [0.15, 0.2) is 0 Å². The minimum Gasteiger partial charge on any atom is -0.317 e. The fourth-order valence-electron chi connectivity index (χ4n) is 2.64. The van der Waals surface area contributed by atoms with E-state index in [0.29, 0.717) is 18.0 Å². The Bertz CT molecular complexity index is 359. The number of rotatable bonds is 3. The summed E-state index contributed by atoms with van der Waals surface area (Å²) >= 11 is 6.26. The van der Waals surface area contributed by atoms with Crippen molar-refractivity contribution in [3.63, 3.8) is 0 Å². The van der Waals surface area contributed by atoms with Crippen LogP contribution in [0.15, 0.2) is 6.20 Å². The van der Waals surface area contributed by atoms with Gasteiger partial charge in [-0.05, 0) is 40.2 Å². The van der Waals surface area contributed by atoms with Crippen molar-refractivity contribution in [1.82, 2.24) is 15.1 Å². The van der Waals surface area contributed by atoms with Crippen LogP contribution in [0.1, 0.15) is 50.8 Å². The van der Waals surface area contributed by atoms with E-state index in [9.17, 15) is 0 Å². The third-order valence-electron chi connectivity index (χ3n) is 3.50. The lowest BCUT2D eigenvalue weighted by atomic mass is 10.0. The van der Waals surface area contributed by atoms with Gasteiger partial charge >= 0.3 is 0 Å². The quantitative estimate of drug-likeness (QED) is 0.882. The van der Waals surface area contributed by atoms with Gasteiger partial charge in [-0.15, -0.1) is 0 Å². The van der Waals surface area contributed by atoms with Crippen molar-refractivity contribution in [2.45, 2.75) is 51.1 Å². The molecule has 0 aromatic carbocycles. The monoisotopic (exact) mass is 241 g/mol. The van der Waals surface area contributed by atoms with E-state index < -0.39 is 0 Å². The molecule has 4 heteroatoms. The van der Waals surface area contributed by atoms with E-state index in [1.807, 2.05) is 7.05 Å². The highest BCUT2D eigenvalue weighted by Gasteiger charge is 2.29. The first-order chi connectivity index (χ1) is 7.63. The maximum Gasteiger partial charge on any atom is 0.0820 e. The molecule has 1 saturated carbocycles. The van der Waals surface area contributed by atoms with Gasteiger partial charge in [-0.1, -0.05) is 11.6 Å². The fraction of sp³-hybridized carbons (Fsp3) is 0.750. The molecule has 2 rings (SSSR count). The Labute approximate surface area is 102 Å². The van der Waals surface area contributed by atoms with Crippen LogP contribution >= 0.6 is 11.6 Å². The molecular formula is C12H20ClN3. The largest absolute Gasteiger partial charge is 0.317 e. The molecule has 2 atom stereocenters. The maximum atomic E-state index is 6.26. The predicted octanol–water partition coefficient (Wildman–Crippen LogP) is 2.97. The fourth-order valence-corrected chi connectivity index (χ4v) is 2.92. The molecule has 2 unspecified atom stereocenters. The minimum atomic E-state index is 0.385. The zero-order chi connectivity index (χ0) is 11.7. The summed E-state index contributed by atoms with van der Waals surface area (Å²) in [4.78, 5) is 0. The lowest BCUT2D eigenvalue weighted by molar-refractivity contribution is 0.480. The Balaban J connectivity index is 2.23. The number of aromatic nitrogens is 2. The van der Waals surface area contributed by atoms with Crippen LogP contribution in [0.4, 0.5) is 0 Å². The van der Waals surface area contributed by atoms with Crippen LogP contribution in [0.25, 0.3) is 0 Å². The highest BCUT2D eigenvalue weighted by atomic mass is 35.5. The van der Waals surface area contributed by atoms with E-state index in [-0.39, 0.29) is 0 Å². The molecule has 1 aromatic rings. The molecule has 3 nitrogen and oxygen atoms in total. The summed E-state index contributed by atoms with van der Waals surface area (Å²) in [5.41, 5.74) is 1.23. The Kier molecular flexibility index (Phi) is 3.55. The van der Waals surface area contributed by atoms with Crippen molar-refractivity contribution in [2.75, 3.05) is 7.05 Å². The Morgan fingerprint density at radius 2 is 2.25 bits per heavy atom. The zero-order valence-corrected chi connectivity index (χ0v) is 11.0. The van der Waals surface area contributed by atoms with Crippen LogP contribution in [-0.4, -0.2) is 22.9 Å². The van der Waals surface area contributed by atoms with Gasteiger partial charge in [0.05, 0.1) is 16.9 Å². The van der Waals surface area contributed by atoms with Crippen molar-refractivity contribution in [1.29, 1.82) is 0 Å². The number of halogens is 1. The van der Waals surface area contributed by atoms with E-state index in [1.165, 1.54) is 25.0 Å². The summed E-state index contributed by atoms with van der Waals surface area (Å²) in [5, 5.41) is 8.56. The molecule has 1 heterocycles. The molecule has 0 saturated heterocycles. The molecule has 0 amide bonds. The molecule has 1 aliphatic rings. The predicted molar refractivity (Wildman–Crippen MR) is 67.1 cm³/mol. The van der Waals surface area contributed by atoms with E-state index in [2.05, 4.69) is 28.9 Å². The standard InChI is InChI=1S/C12H20ClN3/c1-8(2)16-12(11(13)7-15-16)9-4-5-10(6-9)14-3/h7-10,14H,4-6H2,1-3H3. The van der Waals surface area contributed by atoms with Gasteiger partial charge in [-0.2, -0.15) is 5.10 Å². The van der Waals surface area contributed by atoms with Crippen LogP contribution in [-0.2, 0) is 0 Å². The summed E-state index contributed by atoms with van der Waals surface area (Å²) in [6, 6.07) is 1.02. The SMILES string of the molecule is CNC1CCC(c2c(Cl)cnn2C(C)C)C1. The molecule has 90 valence electrons. The molecule has 0 aliphatic heterocycles. The summed E-state index contributed by atoms with van der Waals surface area (Å²) < 4.78 is 2.07. The molecule has 0 radical (unpaired) electrons. The lowest BCUT2D eigenvalue weighted by Crippen LogP contribution is -2.21. The first-order valence-corrected chi connectivity index (χ1v) is 6.41. The second-order valence-corrected chi connectivity index (χ2v) is 5.32. The van der Waals surface area contributed by atoms with Gasteiger partial charge < -0.3 is 5.32 Å². The molecule has 1 aliphatic carbocycles. The van der Waals surface area contributed by atoms with Crippen molar-refractivity contribution in [3.8, 4) is 0 Å². The lowest BCUT2D eigenvalue weighted by Gasteiger charge is -2.16. The topological polar surface area (TPSA) is 29.9 Å². The van der Waals surface area contributed by atoms with Crippen molar-refractivity contribution >= 4 is 11.6 Å². The van der Waals surface area contributed by atoms with Gasteiger partial charge in [0.25, 0.3) is 0 Å². The van der Waals surface area contributed by atoms with Gasteiger partial charge in [0.1, 0.15) is 0 Å². The van der Waals surface area contributed by atoms with Gasteiger partial charge in [-0.25, -0.2) is 0 Å². The molecule has 1 fully saturated rings. The molecule has 0 bridgehead atoms. The third kappa shape index (κ3) is 2.11. The zero-order valence-electron chi connectivity index (χ0n) is 10.2. The average molecular weight is 242 g/mol. The highest BCUT2D eigenvalue weighted by Crippen LogP contribution is 2.38. The Morgan fingerprint density at radius 3 is 2.81 bits per heavy atom. The third-order valence-corrected chi connectivity index (χ3v) is 3.79. The average Bonchev–Trinajstić information content (AvgIpc) is 2.83. The molecule has 1 aromatic heterocycles. The van der Waals surface area contributed by atoms with Gasteiger partial charge in [0.2, 0.25) is 0 Å². The molecule has 1 N–H and O–H groups in total. The second-order valence-electron chi connectivity index (χ2n) is 4.91. The molecule has 0 spiro atoms. The number of nitrogens with one attached hydrogen (secondary N) is 1. The van der Waals surface area contributed by atoms with Crippen LogP contribution in [0, 0.1) is 0 Å². The Morgan fingerprint density at radius 1 is 1.50 bits per heavy atom. The van der Waals surface area contributed by atoms with Crippen LogP contribution in [0.3, 0.4) is 0 Å². The van der Waals surface area contributed by atoms with Gasteiger partial charge in [0, 0.05) is 18.0 Å². The van der Waals surface area contributed by atoms with Crippen molar-refractivity contribution < 1.29 is 0 Å². The second kappa shape index (κ2) is 4.76. The highest BCUT2D eigenvalue weighted by molar-refractivity contribution is 6.31. The maximum absolute atomic E-state index is 6.26. The first kappa shape index (κ1) is 11.9. The van der Waals surface area contributed by atoms with E-state index in [1.54, 1.807) is 6.20 Å². The van der Waals surface area contributed by atoms with E-state index in [0.717, 1.165) is 5.02 Å². The van der Waals surface area contributed by atoms with Crippen LogP contribution < -0.4 is 5.32 Å². The van der Waals surface area contributed by atoms with E-state index in [4.69, 9.17) is 11.6 Å². The van der Waals surface area contributed by atoms with Gasteiger partial charge in [-0.3, -0.25) is 4.68 Å². The van der Waals surface area contributed by atoms with Crippen LogP contribution in [0.5, 0.6) is 0 Å². The number of hydrogen-bond acceptors (Lipinski definition) is 2. The number of hydrogen-bond donors (Lipinski definition) is 1. The van der Waals surface area contributed by atoms with E-state index >= 15 is 0 Å². The summed E-state index contributed by atoms with van der Waals surface area (Å²) in [6.45, 7) is 4.30.